The van der Waals surface area contributed by atoms with Gasteiger partial charge in [0.25, 0.3) is 0 Å². The van der Waals surface area contributed by atoms with Gasteiger partial charge in [-0.1, -0.05) is 19.1 Å². The third kappa shape index (κ3) is 2.55. The Kier molecular flexibility index (Phi) is 4.08. The normalized spacial score (nSPS) is 12.9. The summed E-state index contributed by atoms with van der Waals surface area (Å²) in [6, 6.07) is 5.12. The summed E-state index contributed by atoms with van der Waals surface area (Å²) in [5, 5.41) is 0. The van der Waals surface area contributed by atoms with Crippen LogP contribution in [0.25, 0.3) is 0 Å². The van der Waals surface area contributed by atoms with Crippen LogP contribution in [0.5, 0.6) is 0 Å². The van der Waals surface area contributed by atoms with Gasteiger partial charge in [-0.05, 0) is 37.5 Å². The Hall–Kier alpha value is -0.890. The number of rotatable bonds is 4. The van der Waals surface area contributed by atoms with E-state index in [4.69, 9.17) is 4.74 Å². The maximum Gasteiger partial charge on any atom is 0.126 e. The van der Waals surface area contributed by atoms with E-state index in [-0.39, 0.29) is 11.9 Å². The summed E-state index contributed by atoms with van der Waals surface area (Å²) in [6.07, 6.45) is 0.962. The van der Waals surface area contributed by atoms with E-state index >= 15 is 0 Å². The maximum absolute atomic E-state index is 13.2. The van der Waals surface area contributed by atoms with Gasteiger partial charge in [0.15, 0.2) is 0 Å². The fraction of sp³-hybridized carbons (Fsp3) is 0.500. The minimum absolute atomic E-state index is 0.0225. The molecule has 1 aromatic rings. The van der Waals surface area contributed by atoms with Gasteiger partial charge in [-0.3, -0.25) is 0 Å². The fourth-order valence-electron chi connectivity index (χ4n) is 1.45. The molecule has 78 valence electrons. The predicted molar refractivity (Wildman–Crippen MR) is 55.8 cm³/mol. The summed E-state index contributed by atoms with van der Waals surface area (Å²) in [5.74, 6) is -0.158. The second-order valence-corrected chi connectivity index (χ2v) is 3.47. The second-order valence-electron chi connectivity index (χ2n) is 3.47. The van der Waals surface area contributed by atoms with Crippen molar-refractivity contribution in [1.82, 2.24) is 0 Å². The minimum Gasteiger partial charge on any atom is -0.374 e. The molecule has 1 aromatic carbocycles. The first-order valence-electron chi connectivity index (χ1n) is 5.03. The van der Waals surface area contributed by atoms with E-state index in [1.807, 2.05) is 13.0 Å². The Bertz CT molecular complexity index is 296. The second kappa shape index (κ2) is 5.11. The molecule has 0 heterocycles. The quantitative estimate of drug-likeness (QED) is 0.714. The van der Waals surface area contributed by atoms with Gasteiger partial charge < -0.3 is 4.74 Å². The lowest BCUT2D eigenvalue weighted by atomic mass is 10.0. The van der Waals surface area contributed by atoms with E-state index in [1.165, 1.54) is 6.07 Å². The van der Waals surface area contributed by atoms with Gasteiger partial charge in [0.2, 0.25) is 0 Å². The average molecular weight is 196 g/mol. The molecule has 1 unspecified atom stereocenters. The molecule has 0 N–H and O–H groups in total. The van der Waals surface area contributed by atoms with Crippen molar-refractivity contribution in [2.24, 2.45) is 0 Å². The molecular formula is C12H17FO. The zero-order chi connectivity index (χ0) is 10.6. The molecular weight excluding hydrogens is 179 g/mol. The third-order valence-corrected chi connectivity index (χ3v) is 2.32. The van der Waals surface area contributed by atoms with Crippen molar-refractivity contribution in [3.05, 3.63) is 35.1 Å². The molecule has 0 spiro atoms. The summed E-state index contributed by atoms with van der Waals surface area (Å²) in [4.78, 5) is 0. The van der Waals surface area contributed by atoms with Crippen LogP contribution in [0, 0.1) is 12.7 Å². The molecule has 0 radical (unpaired) electrons. The van der Waals surface area contributed by atoms with E-state index in [0.29, 0.717) is 5.56 Å². The number of benzene rings is 1. The lowest BCUT2D eigenvalue weighted by molar-refractivity contribution is 0.0656. The Balaban J connectivity index is 2.79. The van der Waals surface area contributed by atoms with E-state index in [9.17, 15) is 4.39 Å². The largest absolute Gasteiger partial charge is 0.374 e. The minimum atomic E-state index is -0.158. The van der Waals surface area contributed by atoms with Gasteiger partial charge >= 0.3 is 0 Å². The van der Waals surface area contributed by atoms with E-state index < -0.39 is 0 Å². The SMILES string of the molecule is CCCOC(C)c1cccc(F)c1C. The predicted octanol–water partition coefficient (Wildman–Crippen LogP) is 3.62. The van der Waals surface area contributed by atoms with Gasteiger partial charge in [-0.2, -0.15) is 0 Å². The molecule has 0 aliphatic heterocycles. The standard InChI is InChI=1S/C12H17FO/c1-4-8-14-10(3)11-6-5-7-12(13)9(11)2/h5-7,10H,4,8H2,1-3H3. The summed E-state index contributed by atoms with van der Waals surface area (Å²) in [7, 11) is 0. The molecule has 2 heteroatoms. The first-order chi connectivity index (χ1) is 6.66. The van der Waals surface area contributed by atoms with Crippen molar-refractivity contribution < 1.29 is 9.13 Å². The van der Waals surface area contributed by atoms with Crippen LogP contribution < -0.4 is 0 Å². The Morgan fingerprint density at radius 1 is 1.43 bits per heavy atom. The first kappa shape index (κ1) is 11.2. The van der Waals surface area contributed by atoms with Crippen LogP contribution in [0.15, 0.2) is 18.2 Å². The lowest BCUT2D eigenvalue weighted by Gasteiger charge is -2.15. The molecule has 1 rings (SSSR count). The highest BCUT2D eigenvalue weighted by Gasteiger charge is 2.10. The van der Waals surface area contributed by atoms with E-state index in [2.05, 4.69) is 6.92 Å². The van der Waals surface area contributed by atoms with Crippen LogP contribution in [0.4, 0.5) is 4.39 Å². The highest BCUT2D eigenvalue weighted by Crippen LogP contribution is 2.22. The highest BCUT2D eigenvalue weighted by molar-refractivity contribution is 5.28. The maximum atomic E-state index is 13.2. The van der Waals surface area contributed by atoms with Crippen LogP contribution in [-0.2, 0) is 4.74 Å². The smallest absolute Gasteiger partial charge is 0.126 e. The van der Waals surface area contributed by atoms with Crippen molar-refractivity contribution in [3.63, 3.8) is 0 Å². The third-order valence-electron chi connectivity index (χ3n) is 2.32. The zero-order valence-corrected chi connectivity index (χ0v) is 9.01. The molecule has 0 bridgehead atoms. The molecule has 0 fully saturated rings. The Labute approximate surface area is 84.9 Å². The number of hydrogen-bond donors (Lipinski definition) is 0. The van der Waals surface area contributed by atoms with Crippen LogP contribution in [0.3, 0.4) is 0 Å². The van der Waals surface area contributed by atoms with Crippen LogP contribution in [-0.4, -0.2) is 6.61 Å². The van der Waals surface area contributed by atoms with Crippen molar-refractivity contribution in [2.75, 3.05) is 6.61 Å². The van der Waals surface area contributed by atoms with Gasteiger partial charge in [0, 0.05) is 6.61 Å². The monoisotopic (exact) mass is 196 g/mol. The topological polar surface area (TPSA) is 9.23 Å². The molecule has 0 aromatic heterocycles. The number of halogens is 1. The zero-order valence-electron chi connectivity index (χ0n) is 9.01. The molecule has 0 saturated heterocycles. The van der Waals surface area contributed by atoms with Crippen molar-refractivity contribution >= 4 is 0 Å². The summed E-state index contributed by atoms with van der Waals surface area (Å²) >= 11 is 0. The molecule has 1 atom stereocenters. The number of ether oxygens (including phenoxy) is 1. The van der Waals surface area contributed by atoms with Gasteiger partial charge in [0.05, 0.1) is 6.10 Å². The first-order valence-corrected chi connectivity index (χ1v) is 5.03. The number of hydrogen-bond acceptors (Lipinski definition) is 1. The van der Waals surface area contributed by atoms with Crippen LogP contribution >= 0.6 is 0 Å². The molecule has 0 amide bonds. The fourth-order valence-corrected chi connectivity index (χ4v) is 1.45. The van der Waals surface area contributed by atoms with Gasteiger partial charge in [-0.25, -0.2) is 4.39 Å². The van der Waals surface area contributed by atoms with E-state index in [0.717, 1.165) is 18.6 Å². The van der Waals surface area contributed by atoms with Crippen LogP contribution in [0.1, 0.15) is 37.5 Å². The van der Waals surface area contributed by atoms with Crippen molar-refractivity contribution in [3.8, 4) is 0 Å². The molecule has 1 nitrogen and oxygen atoms in total. The van der Waals surface area contributed by atoms with Crippen molar-refractivity contribution in [1.29, 1.82) is 0 Å². The molecule has 0 aliphatic carbocycles. The highest BCUT2D eigenvalue weighted by atomic mass is 19.1. The lowest BCUT2D eigenvalue weighted by Crippen LogP contribution is -2.04. The van der Waals surface area contributed by atoms with Crippen molar-refractivity contribution in [2.45, 2.75) is 33.3 Å². The van der Waals surface area contributed by atoms with E-state index in [1.54, 1.807) is 13.0 Å². The Morgan fingerprint density at radius 3 is 2.79 bits per heavy atom. The molecule has 0 saturated carbocycles. The summed E-state index contributed by atoms with van der Waals surface area (Å²) in [6.45, 7) is 6.52. The Morgan fingerprint density at radius 2 is 2.14 bits per heavy atom. The molecule has 0 aliphatic rings. The average Bonchev–Trinajstić information content (AvgIpc) is 2.18. The van der Waals surface area contributed by atoms with Gasteiger partial charge in [0.1, 0.15) is 5.82 Å². The molecule has 14 heavy (non-hydrogen) atoms. The van der Waals surface area contributed by atoms with Crippen LogP contribution in [0.2, 0.25) is 0 Å². The summed E-state index contributed by atoms with van der Waals surface area (Å²) < 4.78 is 18.8. The van der Waals surface area contributed by atoms with Gasteiger partial charge in [-0.15, -0.1) is 0 Å². The summed E-state index contributed by atoms with van der Waals surface area (Å²) in [5.41, 5.74) is 1.63.